The van der Waals surface area contributed by atoms with Crippen LogP contribution in [-0.4, -0.2) is 41.3 Å². The fraction of sp³-hybridized carbons (Fsp3) is 0.211. The number of thioether (sulfide) groups is 1. The number of anilines is 1. The summed E-state index contributed by atoms with van der Waals surface area (Å²) in [6.45, 7) is 0. The summed E-state index contributed by atoms with van der Waals surface area (Å²) in [6, 6.07) is 12.6. The van der Waals surface area contributed by atoms with E-state index >= 15 is 0 Å². The van der Waals surface area contributed by atoms with Crippen LogP contribution < -0.4 is 10.1 Å². The Morgan fingerprint density at radius 1 is 1.22 bits per heavy atom. The molecule has 140 valence electrons. The lowest BCUT2D eigenvalue weighted by Crippen LogP contribution is -2.43. The molecule has 8 heteroatoms. The molecule has 6 nitrogen and oxygen atoms in total. The molecule has 0 unspecified atom stereocenters. The summed E-state index contributed by atoms with van der Waals surface area (Å²) in [4.78, 5) is 30.6. The topological polar surface area (TPSA) is 71.0 Å². The van der Waals surface area contributed by atoms with E-state index in [1.54, 1.807) is 38.4 Å². The van der Waals surface area contributed by atoms with E-state index in [2.05, 4.69) is 10.3 Å². The smallest absolute Gasteiger partial charge is 0.238 e. The Balaban J connectivity index is 1.74. The molecule has 0 spiro atoms. The van der Waals surface area contributed by atoms with Crippen LogP contribution in [0.25, 0.3) is 0 Å². The number of nitrogens with zero attached hydrogens (tertiary/aromatic N) is 2. The number of benzene rings is 2. The van der Waals surface area contributed by atoms with Crippen LogP contribution in [0.15, 0.2) is 53.5 Å². The number of nitrogens with one attached hydrogen (secondary N) is 1. The third-order valence-electron chi connectivity index (χ3n) is 3.97. The number of carbonyl (C=O) groups excluding carboxylic acids is 2. The molecule has 0 aromatic heterocycles. The molecule has 1 saturated heterocycles. The van der Waals surface area contributed by atoms with Gasteiger partial charge in [0.1, 0.15) is 16.8 Å². The van der Waals surface area contributed by atoms with Crippen molar-refractivity contribution in [3.8, 4) is 5.75 Å². The molecule has 3 rings (SSSR count). The van der Waals surface area contributed by atoms with Crippen LogP contribution in [0.1, 0.15) is 6.42 Å². The van der Waals surface area contributed by atoms with Crippen molar-refractivity contribution < 1.29 is 18.7 Å². The minimum Gasteiger partial charge on any atom is -0.497 e. The van der Waals surface area contributed by atoms with Crippen molar-refractivity contribution >= 4 is 40.1 Å². The number of hydrogen-bond acceptors (Lipinski definition) is 5. The second-order valence-electron chi connectivity index (χ2n) is 5.85. The van der Waals surface area contributed by atoms with Crippen molar-refractivity contribution in [2.45, 2.75) is 11.7 Å². The molecule has 0 radical (unpaired) electrons. The SMILES string of the molecule is COc1ccc(NC(=O)[C@H]2CC(=O)N(C)C(=Nc3ccc(F)cc3)S2)cc1. The first-order chi connectivity index (χ1) is 13.0. The van der Waals surface area contributed by atoms with Crippen molar-refractivity contribution in [2.75, 3.05) is 19.5 Å². The maximum absolute atomic E-state index is 13.0. The van der Waals surface area contributed by atoms with E-state index in [1.807, 2.05) is 0 Å². The van der Waals surface area contributed by atoms with E-state index in [0.717, 1.165) is 0 Å². The molecule has 1 N–H and O–H groups in total. The largest absolute Gasteiger partial charge is 0.497 e. The fourth-order valence-corrected chi connectivity index (χ4v) is 3.49. The first-order valence-corrected chi connectivity index (χ1v) is 9.06. The molecule has 0 aliphatic carbocycles. The first-order valence-electron chi connectivity index (χ1n) is 8.18. The first kappa shape index (κ1) is 18.9. The number of ether oxygens (including phenoxy) is 1. The number of aliphatic imine (C=N–C) groups is 1. The van der Waals surface area contributed by atoms with Gasteiger partial charge in [-0.1, -0.05) is 11.8 Å². The number of hydrogen-bond donors (Lipinski definition) is 1. The molecule has 1 atom stereocenters. The van der Waals surface area contributed by atoms with Gasteiger partial charge < -0.3 is 10.1 Å². The number of methoxy groups -OCH3 is 1. The normalized spacial score (nSPS) is 18.5. The Morgan fingerprint density at radius 3 is 2.52 bits per heavy atom. The van der Waals surface area contributed by atoms with E-state index in [9.17, 15) is 14.0 Å². The number of amidine groups is 1. The minimum atomic E-state index is -0.602. The van der Waals surface area contributed by atoms with E-state index in [4.69, 9.17) is 4.74 Å². The summed E-state index contributed by atoms with van der Waals surface area (Å²) in [6.07, 6.45) is 0.0750. The Bertz CT molecular complexity index is 869. The van der Waals surface area contributed by atoms with Gasteiger partial charge in [-0.05, 0) is 48.5 Å². The van der Waals surface area contributed by atoms with Crippen molar-refractivity contribution in [1.82, 2.24) is 4.90 Å². The number of halogens is 1. The predicted molar refractivity (Wildman–Crippen MR) is 104 cm³/mol. The van der Waals surface area contributed by atoms with Gasteiger partial charge in [0, 0.05) is 19.2 Å². The zero-order valence-corrected chi connectivity index (χ0v) is 15.6. The van der Waals surface area contributed by atoms with Crippen LogP contribution in [0.5, 0.6) is 5.75 Å². The number of rotatable bonds is 4. The molecule has 1 heterocycles. The molecule has 2 aromatic carbocycles. The van der Waals surface area contributed by atoms with E-state index in [0.29, 0.717) is 22.3 Å². The third kappa shape index (κ3) is 4.65. The summed E-state index contributed by atoms with van der Waals surface area (Å²) in [7, 11) is 3.17. The van der Waals surface area contributed by atoms with Crippen molar-refractivity contribution in [3.63, 3.8) is 0 Å². The molecule has 0 saturated carbocycles. The number of amides is 2. The second-order valence-corrected chi connectivity index (χ2v) is 7.02. The minimum absolute atomic E-state index is 0.0750. The lowest BCUT2D eigenvalue weighted by molar-refractivity contribution is -0.128. The van der Waals surface area contributed by atoms with Gasteiger partial charge in [0.2, 0.25) is 11.8 Å². The standard InChI is InChI=1S/C19H18FN3O3S/c1-23-17(24)11-16(18(25)21-13-7-9-15(26-2)10-8-13)27-19(23)22-14-5-3-12(20)4-6-14/h3-10,16H,11H2,1-2H3,(H,21,25)/t16-/m1/s1. The monoisotopic (exact) mass is 387 g/mol. The Morgan fingerprint density at radius 2 is 1.89 bits per heavy atom. The van der Waals surface area contributed by atoms with E-state index < -0.39 is 5.25 Å². The molecular weight excluding hydrogens is 369 g/mol. The van der Waals surface area contributed by atoms with Gasteiger partial charge in [0.05, 0.1) is 12.8 Å². The molecule has 27 heavy (non-hydrogen) atoms. The van der Waals surface area contributed by atoms with Gasteiger partial charge >= 0.3 is 0 Å². The Kier molecular flexibility index (Phi) is 5.75. The molecular formula is C19H18FN3O3S. The van der Waals surface area contributed by atoms with Crippen molar-refractivity contribution in [1.29, 1.82) is 0 Å². The summed E-state index contributed by atoms with van der Waals surface area (Å²) in [5.74, 6) is -0.162. The molecule has 2 amide bonds. The fourth-order valence-electron chi connectivity index (χ4n) is 2.42. The van der Waals surface area contributed by atoms with Crippen LogP contribution in [0, 0.1) is 5.82 Å². The molecule has 1 aliphatic heterocycles. The second kappa shape index (κ2) is 8.22. The van der Waals surface area contributed by atoms with Gasteiger partial charge in [-0.2, -0.15) is 0 Å². The van der Waals surface area contributed by atoms with Crippen LogP contribution in [0.2, 0.25) is 0 Å². The summed E-state index contributed by atoms with van der Waals surface area (Å²) >= 11 is 1.20. The highest BCUT2D eigenvalue weighted by molar-refractivity contribution is 8.15. The highest BCUT2D eigenvalue weighted by Crippen LogP contribution is 2.29. The van der Waals surface area contributed by atoms with Gasteiger partial charge in [-0.3, -0.25) is 14.5 Å². The Hall–Kier alpha value is -2.87. The quantitative estimate of drug-likeness (QED) is 0.873. The van der Waals surface area contributed by atoms with E-state index in [1.165, 1.54) is 40.9 Å². The van der Waals surface area contributed by atoms with Crippen molar-refractivity contribution in [3.05, 3.63) is 54.3 Å². The van der Waals surface area contributed by atoms with Gasteiger partial charge in [-0.25, -0.2) is 9.38 Å². The lowest BCUT2D eigenvalue weighted by Gasteiger charge is -2.28. The Labute approximate surface area is 160 Å². The summed E-state index contributed by atoms with van der Waals surface area (Å²) < 4.78 is 18.1. The summed E-state index contributed by atoms with van der Waals surface area (Å²) in [5, 5.41) is 2.59. The van der Waals surface area contributed by atoms with Crippen LogP contribution in [-0.2, 0) is 9.59 Å². The average molecular weight is 387 g/mol. The van der Waals surface area contributed by atoms with Crippen LogP contribution >= 0.6 is 11.8 Å². The van der Waals surface area contributed by atoms with Crippen molar-refractivity contribution in [2.24, 2.45) is 4.99 Å². The number of carbonyl (C=O) groups is 2. The zero-order valence-electron chi connectivity index (χ0n) is 14.8. The molecule has 1 fully saturated rings. The molecule has 1 aliphatic rings. The highest BCUT2D eigenvalue weighted by atomic mass is 32.2. The predicted octanol–water partition coefficient (Wildman–Crippen LogP) is 3.42. The average Bonchev–Trinajstić information content (AvgIpc) is 2.67. The van der Waals surface area contributed by atoms with Crippen LogP contribution in [0.3, 0.4) is 0 Å². The third-order valence-corrected chi connectivity index (χ3v) is 5.21. The lowest BCUT2D eigenvalue weighted by atomic mass is 10.2. The van der Waals surface area contributed by atoms with Gasteiger partial charge in [-0.15, -0.1) is 0 Å². The molecule has 0 bridgehead atoms. The maximum Gasteiger partial charge on any atom is 0.238 e. The van der Waals surface area contributed by atoms with Crippen LogP contribution in [0.4, 0.5) is 15.8 Å². The summed E-state index contributed by atoms with van der Waals surface area (Å²) in [5.41, 5.74) is 1.12. The highest BCUT2D eigenvalue weighted by Gasteiger charge is 2.34. The molecule has 2 aromatic rings. The van der Waals surface area contributed by atoms with E-state index in [-0.39, 0.29) is 24.1 Å². The maximum atomic E-state index is 13.0. The zero-order chi connectivity index (χ0) is 19.4. The van der Waals surface area contributed by atoms with Gasteiger partial charge in [0.15, 0.2) is 5.17 Å². The van der Waals surface area contributed by atoms with Gasteiger partial charge in [0.25, 0.3) is 0 Å².